The predicted octanol–water partition coefficient (Wildman–Crippen LogP) is 2.26. The molecule has 2 rings (SSSR count). The highest BCUT2D eigenvalue weighted by Gasteiger charge is 2.21. The first kappa shape index (κ1) is 11.1. The molecule has 1 aromatic rings. The van der Waals surface area contributed by atoms with Gasteiger partial charge >= 0.3 is 0 Å². The number of carbonyl (C=O) groups is 1. The Morgan fingerprint density at radius 1 is 1.38 bits per heavy atom. The molecule has 0 N–H and O–H groups in total. The van der Waals surface area contributed by atoms with Crippen LogP contribution in [0.1, 0.15) is 35.8 Å². The molecule has 1 aliphatic heterocycles. The molecule has 0 bridgehead atoms. The lowest BCUT2D eigenvalue weighted by molar-refractivity contribution is 0.0697. The van der Waals surface area contributed by atoms with E-state index < -0.39 is 0 Å². The first-order chi connectivity index (χ1) is 7.66. The van der Waals surface area contributed by atoms with Crippen molar-refractivity contribution in [2.45, 2.75) is 26.7 Å². The van der Waals surface area contributed by atoms with Gasteiger partial charge < -0.3 is 4.90 Å². The SMILES string of the molecule is Cc1ccc(C(=O)N2CCC(C)CC2)cn1. The van der Waals surface area contributed by atoms with Crippen molar-refractivity contribution in [3.05, 3.63) is 29.6 Å². The second-order valence-electron chi connectivity index (χ2n) is 4.66. The Hall–Kier alpha value is -1.38. The highest BCUT2D eigenvalue weighted by atomic mass is 16.2. The first-order valence-corrected chi connectivity index (χ1v) is 5.89. The molecule has 1 fully saturated rings. The summed E-state index contributed by atoms with van der Waals surface area (Å²) in [7, 11) is 0. The first-order valence-electron chi connectivity index (χ1n) is 5.89. The number of aromatic nitrogens is 1. The van der Waals surface area contributed by atoms with E-state index >= 15 is 0 Å². The molecule has 3 nitrogen and oxygen atoms in total. The second kappa shape index (κ2) is 4.64. The van der Waals surface area contributed by atoms with Crippen molar-refractivity contribution in [3.8, 4) is 0 Å². The van der Waals surface area contributed by atoms with Crippen LogP contribution in [-0.4, -0.2) is 28.9 Å². The summed E-state index contributed by atoms with van der Waals surface area (Å²) >= 11 is 0. The number of hydrogen-bond acceptors (Lipinski definition) is 2. The second-order valence-corrected chi connectivity index (χ2v) is 4.66. The number of carbonyl (C=O) groups excluding carboxylic acids is 1. The molecule has 2 heterocycles. The molecule has 0 atom stereocenters. The lowest BCUT2D eigenvalue weighted by Gasteiger charge is -2.30. The zero-order valence-electron chi connectivity index (χ0n) is 9.94. The van der Waals surface area contributed by atoms with Crippen LogP contribution >= 0.6 is 0 Å². The fourth-order valence-electron chi connectivity index (χ4n) is 1.99. The van der Waals surface area contributed by atoms with Crippen LogP contribution in [0.25, 0.3) is 0 Å². The van der Waals surface area contributed by atoms with Gasteiger partial charge in [-0.15, -0.1) is 0 Å². The van der Waals surface area contributed by atoms with E-state index in [9.17, 15) is 4.79 Å². The van der Waals surface area contributed by atoms with E-state index in [-0.39, 0.29) is 5.91 Å². The van der Waals surface area contributed by atoms with Crippen LogP contribution in [0.5, 0.6) is 0 Å². The zero-order chi connectivity index (χ0) is 11.5. The van der Waals surface area contributed by atoms with Gasteiger partial charge in [-0.05, 0) is 37.8 Å². The molecule has 16 heavy (non-hydrogen) atoms. The molecule has 0 aliphatic carbocycles. The van der Waals surface area contributed by atoms with Crippen LogP contribution in [0.3, 0.4) is 0 Å². The lowest BCUT2D eigenvalue weighted by atomic mass is 9.99. The van der Waals surface area contributed by atoms with Crippen molar-refractivity contribution < 1.29 is 4.79 Å². The third-order valence-electron chi connectivity index (χ3n) is 3.23. The van der Waals surface area contributed by atoms with Gasteiger partial charge in [0.15, 0.2) is 0 Å². The van der Waals surface area contributed by atoms with Crippen molar-refractivity contribution in [2.24, 2.45) is 5.92 Å². The summed E-state index contributed by atoms with van der Waals surface area (Å²) in [5.41, 5.74) is 1.66. The zero-order valence-corrected chi connectivity index (χ0v) is 9.94. The average Bonchev–Trinajstić information content (AvgIpc) is 2.30. The molecule has 1 saturated heterocycles. The van der Waals surface area contributed by atoms with E-state index in [1.54, 1.807) is 6.20 Å². The van der Waals surface area contributed by atoms with Gasteiger partial charge in [-0.25, -0.2) is 0 Å². The normalized spacial score (nSPS) is 17.5. The standard InChI is InChI=1S/C13H18N2O/c1-10-5-7-15(8-6-10)13(16)12-4-3-11(2)14-9-12/h3-4,9-10H,5-8H2,1-2H3. The Bertz CT molecular complexity index is 364. The van der Waals surface area contributed by atoms with E-state index in [0.29, 0.717) is 5.56 Å². The van der Waals surface area contributed by atoms with E-state index in [4.69, 9.17) is 0 Å². The Morgan fingerprint density at radius 3 is 2.62 bits per heavy atom. The van der Waals surface area contributed by atoms with Crippen LogP contribution in [0.15, 0.2) is 18.3 Å². The molecule has 0 aromatic carbocycles. The van der Waals surface area contributed by atoms with Crippen LogP contribution in [-0.2, 0) is 0 Å². The van der Waals surface area contributed by atoms with Crippen LogP contribution in [0.2, 0.25) is 0 Å². The Balaban J connectivity index is 2.05. The third kappa shape index (κ3) is 2.40. The molecule has 0 saturated carbocycles. The largest absolute Gasteiger partial charge is 0.339 e. The fourth-order valence-corrected chi connectivity index (χ4v) is 1.99. The predicted molar refractivity (Wildman–Crippen MR) is 63.3 cm³/mol. The average molecular weight is 218 g/mol. The molecule has 0 unspecified atom stereocenters. The quantitative estimate of drug-likeness (QED) is 0.724. The van der Waals surface area contributed by atoms with Gasteiger partial charge in [-0.2, -0.15) is 0 Å². The summed E-state index contributed by atoms with van der Waals surface area (Å²) in [5.74, 6) is 0.875. The van der Waals surface area contributed by atoms with Crippen LogP contribution in [0, 0.1) is 12.8 Å². The molecular weight excluding hydrogens is 200 g/mol. The summed E-state index contributed by atoms with van der Waals surface area (Å²) in [5, 5.41) is 0. The Morgan fingerprint density at radius 2 is 2.06 bits per heavy atom. The third-order valence-corrected chi connectivity index (χ3v) is 3.23. The Labute approximate surface area is 96.5 Å². The van der Waals surface area contributed by atoms with Gasteiger partial charge in [0, 0.05) is 25.0 Å². The van der Waals surface area contributed by atoms with E-state index in [2.05, 4.69) is 11.9 Å². The summed E-state index contributed by atoms with van der Waals surface area (Å²) < 4.78 is 0. The highest BCUT2D eigenvalue weighted by molar-refractivity contribution is 5.93. The summed E-state index contributed by atoms with van der Waals surface area (Å²) in [6, 6.07) is 3.75. The van der Waals surface area contributed by atoms with E-state index in [1.807, 2.05) is 24.0 Å². The number of amides is 1. The summed E-state index contributed by atoms with van der Waals surface area (Å²) in [6.45, 7) is 5.94. The number of nitrogens with zero attached hydrogens (tertiary/aromatic N) is 2. The number of rotatable bonds is 1. The van der Waals surface area contributed by atoms with Gasteiger partial charge in [-0.1, -0.05) is 6.92 Å². The molecule has 3 heteroatoms. The van der Waals surface area contributed by atoms with Crippen LogP contribution in [0.4, 0.5) is 0 Å². The maximum absolute atomic E-state index is 12.1. The number of hydrogen-bond donors (Lipinski definition) is 0. The minimum Gasteiger partial charge on any atom is -0.339 e. The van der Waals surface area contributed by atoms with Crippen molar-refractivity contribution in [1.29, 1.82) is 0 Å². The molecular formula is C13H18N2O. The van der Waals surface area contributed by atoms with Gasteiger partial charge in [0.05, 0.1) is 5.56 Å². The number of piperidine rings is 1. The molecule has 1 amide bonds. The van der Waals surface area contributed by atoms with Crippen molar-refractivity contribution in [1.82, 2.24) is 9.88 Å². The number of pyridine rings is 1. The smallest absolute Gasteiger partial charge is 0.255 e. The van der Waals surface area contributed by atoms with Crippen molar-refractivity contribution >= 4 is 5.91 Å². The molecule has 0 spiro atoms. The molecule has 0 radical (unpaired) electrons. The van der Waals surface area contributed by atoms with E-state index in [0.717, 1.165) is 37.5 Å². The van der Waals surface area contributed by atoms with Gasteiger partial charge in [0.1, 0.15) is 0 Å². The summed E-state index contributed by atoms with van der Waals surface area (Å²) in [6.07, 6.45) is 3.91. The fraction of sp³-hybridized carbons (Fsp3) is 0.538. The van der Waals surface area contributed by atoms with E-state index in [1.165, 1.54) is 0 Å². The van der Waals surface area contributed by atoms with Crippen LogP contribution < -0.4 is 0 Å². The number of aryl methyl sites for hydroxylation is 1. The molecule has 1 aliphatic rings. The monoisotopic (exact) mass is 218 g/mol. The van der Waals surface area contributed by atoms with Crippen molar-refractivity contribution in [2.75, 3.05) is 13.1 Å². The van der Waals surface area contributed by atoms with Crippen molar-refractivity contribution in [3.63, 3.8) is 0 Å². The lowest BCUT2D eigenvalue weighted by Crippen LogP contribution is -2.37. The topological polar surface area (TPSA) is 33.2 Å². The number of likely N-dealkylation sites (tertiary alicyclic amines) is 1. The Kier molecular flexibility index (Phi) is 3.22. The minimum absolute atomic E-state index is 0.124. The highest BCUT2D eigenvalue weighted by Crippen LogP contribution is 2.17. The van der Waals surface area contributed by atoms with Gasteiger partial charge in [0.2, 0.25) is 0 Å². The maximum Gasteiger partial charge on any atom is 0.255 e. The molecule has 86 valence electrons. The maximum atomic E-state index is 12.1. The minimum atomic E-state index is 0.124. The molecule has 1 aromatic heterocycles. The summed E-state index contributed by atoms with van der Waals surface area (Å²) in [4.78, 5) is 18.2. The van der Waals surface area contributed by atoms with Gasteiger partial charge in [-0.3, -0.25) is 9.78 Å². The van der Waals surface area contributed by atoms with Gasteiger partial charge in [0.25, 0.3) is 5.91 Å².